The normalized spacial score (nSPS) is 26.1. The quantitative estimate of drug-likeness (QED) is 0.682. The molecular formula is C24H27N3O3. The van der Waals surface area contributed by atoms with Crippen LogP contribution in [-0.2, 0) is 4.74 Å². The summed E-state index contributed by atoms with van der Waals surface area (Å²) in [5, 5.41) is 0. The van der Waals surface area contributed by atoms with Crippen molar-refractivity contribution in [2.75, 3.05) is 0 Å². The molecule has 2 aliphatic rings. The number of hydrogen-bond acceptors (Lipinski definition) is 3. The third-order valence-corrected chi connectivity index (χ3v) is 6.66. The molecular weight excluding hydrogens is 378 g/mol. The van der Waals surface area contributed by atoms with E-state index in [0.717, 1.165) is 42.3 Å². The van der Waals surface area contributed by atoms with E-state index < -0.39 is 5.60 Å². The number of rotatable bonds is 3. The molecule has 3 aromatic rings. The van der Waals surface area contributed by atoms with Crippen molar-refractivity contribution in [2.45, 2.75) is 63.3 Å². The van der Waals surface area contributed by atoms with Crippen LogP contribution in [0.5, 0.6) is 0 Å². The summed E-state index contributed by atoms with van der Waals surface area (Å²) < 4.78 is 7.68. The first kappa shape index (κ1) is 19.0. The van der Waals surface area contributed by atoms with Crippen LogP contribution in [0, 0.1) is 0 Å². The number of para-hydroxylation sites is 2. The second-order valence-corrected chi connectivity index (χ2v) is 8.97. The van der Waals surface area contributed by atoms with E-state index in [1.807, 2.05) is 65.8 Å². The molecule has 2 heterocycles. The number of benzene rings is 2. The molecule has 0 spiro atoms. The predicted molar refractivity (Wildman–Crippen MR) is 115 cm³/mol. The van der Waals surface area contributed by atoms with E-state index in [1.54, 1.807) is 0 Å². The summed E-state index contributed by atoms with van der Waals surface area (Å²) in [6, 6.07) is 18.1. The van der Waals surface area contributed by atoms with Gasteiger partial charge in [-0.25, -0.2) is 9.59 Å². The number of H-pyrrole nitrogens is 1. The maximum absolute atomic E-state index is 12.9. The zero-order valence-corrected chi connectivity index (χ0v) is 17.4. The highest BCUT2D eigenvalue weighted by Gasteiger charge is 2.51. The first-order valence-electron chi connectivity index (χ1n) is 10.7. The lowest BCUT2D eigenvalue weighted by Crippen LogP contribution is -2.43. The third-order valence-electron chi connectivity index (χ3n) is 6.66. The Morgan fingerprint density at radius 2 is 1.53 bits per heavy atom. The summed E-state index contributed by atoms with van der Waals surface area (Å²) in [4.78, 5) is 30.3. The van der Waals surface area contributed by atoms with Crippen LogP contribution in [0.15, 0.2) is 59.4 Å². The highest BCUT2D eigenvalue weighted by molar-refractivity contribution is 5.75. The zero-order chi connectivity index (χ0) is 20.9. The van der Waals surface area contributed by atoms with Crippen molar-refractivity contribution in [3.8, 4) is 0 Å². The second-order valence-electron chi connectivity index (χ2n) is 8.97. The van der Waals surface area contributed by atoms with Crippen molar-refractivity contribution in [1.82, 2.24) is 14.5 Å². The summed E-state index contributed by atoms with van der Waals surface area (Å²) in [5.41, 5.74) is 2.29. The smallest absolute Gasteiger partial charge is 0.411 e. The van der Waals surface area contributed by atoms with Gasteiger partial charge in [0.15, 0.2) is 0 Å². The number of carbonyl (C=O) groups is 1. The first-order chi connectivity index (χ1) is 14.5. The molecule has 156 valence electrons. The van der Waals surface area contributed by atoms with Crippen LogP contribution in [0.2, 0.25) is 0 Å². The molecule has 1 saturated carbocycles. The Labute approximate surface area is 175 Å². The number of nitrogens with one attached hydrogen (secondary N) is 1. The third kappa shape index (κ3) is 3.02. The zero-order valence-electron chi connectivity index (χ0n) is 17.4. The molecule has 1 saturated heterocycles. The van der Waals surface area contributed by atoms with E-state index in [2.05, 4.69) is 17.1 Å². The molecule has 6 heteroatoms. The van der Waals surface area contributed by atoms with Crippen molar-refractivity contribution in [3.63, 3.8) is 0 Å². The van der Waals surface area contributed by atoms with Crippen LogP contribution in [0.4, 0.5) is 4.79 Å². The Morgan fingerprint density at radius 1 is 0.900 bits per heavy atom. The van der Waals surface area contributed by atoms with Gasteiger partial charge >= 0.3 is 11.8 Å². The summed E-state index contributed by atoms with van der Waals surface area (Å²) in [6.07, 6.45) is 3.19. The van der Waals surface area contributed by atoms with Crippen molar-refractivity contribution in [2.24, 2.45) is 0 Å². The molecule has 1 aromatic heterocycles. The minimum Gasteiger partial charge on any atom is -0.441 e. The first-order valence-corrected chi connectivity index (χ1v) is 10.7. The summed E-state index contributed by atoms with van der Waals surface area (Å²) in [7, 11) is 0. The van der Waals surface area contributed by atoms with Crippen molar-refractivity contribution in [3.05, 3.63) is 70.6 Å². The predicted octanol–water partition coefficient (Wildman–Crippen LogP) is 4.79. The highest BCUT2D eigenvalue weighted by Crippen LogP contribution is 2.45. The number of aromatic nitrogens is 2. The van der Waals surface area contributed by atoms with Crippen LogP contribution < -0.4 is 5.69 Å². The number of hydrogen-bond donors (Lipinski definition) is 1. The number of nitrogens with zero attached hydrogens (tertiary/aromatic N) is 2. The lowest BCUT2D eigenvalue weighted by atomic mass is 9.86. The lowest BCUT2D eigenvalue weighted by molar-refractivity contribution is 0.0662. The Kier molecular flexibility index (Phi) is 4.45. The average molecular weight is 405 g/mol. The molecule has 1 N–H and O–H groups in total. The van der Waals surface area contributed by atoms with Crippen molar-refractivity contribution < 1.29 is 9.53 Å². The fraction of sp³-hybridized carbons (Fsp3) is 0.417. The number of ether oxygens (including phenoxy) is 1. The van der Waals surface area contributed by atoms with E-state index in [-0.39, 0.29) is 29.9 Å². The maximum Gasteiger partial charge on any atom is 0.411 e. The number of aromatic amines is 1. The van der Waals surface area contributed by atoms with Crippen LogP contribution in [0.25, 0.3) is 11.0 Å². The molecule has 2 fully saturated rings. The van der Waals surface area contributed by atoms with E-state index in [9.17, 15) is 9.59 Å². The lowest BCUT2D eigenvalue weighted by Gasteiger charge is -2.38. The molecule has 1 amide bonds. The molecule has 0 bridgehead atoms. The molecule has 1 aliphatic heterocycles. The van der Waals surface area contributed by atoms with Gasteiger partial charge in [0.05, 0.1) is 17.1 Å². The van der Waals surface area contributed by atoms with Gasteiger partial charge in [-0.2, -0.15) is 0 Å². The van der Waals surface area contributed by atoms with Gasteiger partial charge in [0.2, 0.25) is 0 Å². The molecule has 0 radical (unpaired) electrons. The Hall–Kier alpha value is -3.02. The second kappa shape index (κ2) is 7.04. The fourth-order valence-electron chi connectivity index (χ4n) is 5.36. The average Bonchev–Trinajstić information content (AvgIpc) is 3.20. The van der Waals surface area contributed by atoms with Crippen LogP contribution in [0.3, 0.4) is 0 Å². The SMILES string of the molecule is CC1(C)OC(=O)N(C2CCC(n3c(=O)[nH]c4ccccc43)CC2)C1c1ccccc1. The summed E-state index contributed by atoms with van der Waals surface area (Å²) in [5.74, 6) is 0. The monoisotopic (exact) mass is 405 g/mol. The number of fused-ring (bicyclic) bond motifs is 1. The topological polar surface area (TPSA) is 67.3 Å². The highest BCUT2D eigenvalue weighted by atomic mass is 16.6. The van der Waals surface area contributed by atoms with E-state index in [1.165, 1.54) is 0 Å². The van der Waals surface area contributed by atoms with Gasteiger partial charge in [-0.3, -0.25) is 9.47 Å². The number of carbonyl (C=O) groups excluding carboxylic acids is 1. The van der Waals surface area contributed by atoms with Crippen LogP contribution >= 0.6 is 0 Å². The van der Waals surface area contributed by atoms with Gasteiger partial charge in [-0.15, -0.1) is 0 Å². The van der Waals surface area contributed by atoms with E-state index in [4.69, 9.17) is 4.74 Å². The number of imidazole rings is 1. The van der Waals surface area contributed by atoms with Gasteiger partial charge < -0.3 is 9.72 Å². The largest absolute Gasteiger partial charge is 0.441 e. The number of amides is 1. The van der Waals surface area contributed by atoms with E-state index in [0.29, 0.717) is 0 Å². The summed E-state index contributed by atoms with van der Waals surface area (Å²) >= 11 is 0. The Balaban J connectivity index is 1.40. The molecule has 1 unspecified atom stereocenters. The van der Waals surface area contributed by atoms with Gasteiger partial charge in [0.25, 0.3) is 0 Å². The molecule has 2 aromatic carbocycles. The maximum atomic E-state index is 12.9. The molecule has 6 nitrogen and oxygen atoms in total. The molecule has 1 aliphatic carbocycles. The standard InChI is InChI=1S/C24H27N3O3/c1-24(2)21(16-8-4-3-5-9-16)27(23(29)30-24)18-14-12-17(13-15-18)26-20-11-7-6-10-19(20)25-22(26)28/h3-11,17-18,21H,12-15H2,1-2H3,(H,25,28). The Morgan fingerprint density at radius 3 is 2.27 bits per heavy atom. The van der Waals surface area contributed by atoms with Crippen molar-refractivity contribution >= 4 is 17.1 Å². The van der Waals surface area contributed by atoms with E-state index >= 15 is 0 Å². The van der Waals surface area contributed by atoms with Gasteiger partial charge in [-0.05, 0) is 57.2 Å². The minimum absolute atomic E-state index is 0.0523. The van der Waals surface area contributed by atoms with Crippen LogP contribution in [0.1, 0.15) is 57.2 Å². The molecule has 1 atom stereocenters. The molecule has 30 heavy (non-hydrogen) atoms. The van der Waals surface area contributed by atoms with Gasteiger partial charge in [0, 0.05) is 12.1 Å². The van der Waals surface area contributed by atoms with Gasteiger partial charge in [0.1, 0.15) is 5.60 Å². The minimum atomic E-state index is -0.580. The van der Waals surface area contributed by atoms with Gasteiger partial charge in [-0.1, -0.05) is 42.5 Å². The van der Waals surface area contributed by atoms with Crippen LogP contribution in [-0.4, -0.2) is 32.2 Å². The Bertz CT molecular complexity index is 1120. The fourth-order valence-corrected chi connectivity index (χ4v) is 5.36. The number of cyclic esters (lactones) is 1. The van der Waals surface area contributed by atoms with Crippen molar-refractivity contribution in [1.29, 1.82) is 0 Å². The summed E-state index contributed by atoms with van der Waals surface area (Å²) in [6.45, 7) is 3.97. The molecule has 5 rings (SSSR count).